The highest BCUT2D eigenvalue weighted by atomic mass is 16.6. The molecule has 92 valence electrons. The number of nitrogens with zero attached hydrogens (tertiary/aromatic N) is 2. The molecule has 0 aliphatic carbocycles. The Balaban J connectivity index is 2.93. The number of esters is 1. The molecule has 3 N–H and O–H groups in total. The summed E-state index contributed by atoms with van der Waals surface area (Å²) in [5.41, 5.74) is 4.82. The molecule has 0 fully saturated rings. The van der Waals surface area contributed by atoms with E-state index in [1.165, 1.54) is 0 Å². The van der Waals surface area contributed by atoms with Crippen LogP contribution in [0.25, 0.3) is 0 Å². The summed E-state index contributed by atoms with van der Waals surface area (Å²) >= 11 is 0. The summed E-state index contributed by atoms with van der Waals surface area (Å²) in [5.74, 6) is -2.51. The van der Waals surface area contributed by atoms with Crippen molar-refractivity contribution >= 4 is 17.6 Å². The molecule has 0 saturated carbocycles. The number of aromatic nitrogens is 2. The van der Waals surface area contributed by atoms with E-state index in [9.17, 15) is 19.7 Å². The van der Waals surface area contributed by atoms with Gasteiger partial charge in [-0.2, -0.15) is 0 Å². The highest BCUT2D eigenvalue weighted by Crippen LogP contribution is 2.14. The van der Waals surface area contributed by atoms with E-state index in [-0.39, 0.29) is 6.61 Å². The summed E-state index contributed by atoms with van der Waals surface area (Å²) in [6.45, 7) is 1.61. The van der Waals surface area contributed by atoms with Crippen LogP contribution < -0.4 is 5.73 Å². The maximum Gasteiger partial charge on any atom is 0.351 e. The van der Waals surface area contributed by atoms with Crippen LogP contribution >= 0.6 is 0 Å². The summed E-state index contributed by atoms with van der Waals surface area (Å²) in [6.07, 6.45) is 0.975. The van der Waals surface area contributed by atoms with E-state index in [1.807, 2.05) is 0 Å². The third-order valence-corrected chi connectivity index (χ3v) is 1.86. The number of nitrogens with one attached hydrogen (secondary N) is 1. The number of carbonyl (C=O) groups excluding carboxylic acids is 2. The van der Waals surface area contributed by atoms with Gasteiger partial charge in [-0.25, -0.2) is 14.8 Å². The van der Waals surface area contributed by atoms with Gasteiger partial charge in [0.05, 0.1) is 6.61 Å². The van der Waals surface area contributed by atoms with Gasteiger partial charge in [0, 0.05) is 0 Å². The lowest BCUT2D eigenvalue weighted by Crippen LogP contribution is -2.40. The Bertz CT molecular complexity index is 455. The van der Waals surface area contributed by atoms with E-state index in [0.717, 1.165) is 6.33 Å². The first-order chi connectivity index (χ1) is 7.99. The maximum absolute atomic E-state index is 11.6. The number of hydrogen-bond acceptors (Lipinski definition) is 7. The van der Waals surface area contributed by atoms with Gasteiger partial charge < -0.3 is 20.6 Å². The number of Topliss-reactive ketones (excluding diaryl/α,β-unsaturated/α-hetero) is 1. The number of nitro groups is 1. The standard InChI is InChI=1S/C8H10N4O5/c1-2-17-8(14)4(9)6(13)5-7(12(15)16)11-3-10-5/h3-4H,2,9H2,1H3,(H,10,11). The van der Waals surface area contributed by atoms with Crippen LogP contribution in [-0.4, -0.2) is 39.3 Å². The second-order valence-corrected chi connectivity index (χ2v) is 2.95. The summed E-state index contributed by atoms with van der Waals surface area (Å²) in [4.78, 5) is 38.2. The molecule has 1 heterocycles. The van der Waals surface area contributed by atoms with E-state index in [1.54, 1.807) is 6.92 Å². The average Bonchev–Trinajstić information content (AvgIpc) is 2.76. The second kappa shape index (κ2) is 5.16. The van der Waals surface area contributed by atoms with E-state index in [0.29, 0.717) is 0 Å². The Morgan fingerprint density at radius 3 is 2.88 bits per heavy atom. The van der Waals surface area contributed by atoms with E-state index in [4.69, 9.17) is 5.73 Å². The largest absolute Gasteiger partial charge is 0.464 e. The van der Waals surface area contributed by atoms with Crippen molar-refractivity contribution in [1.29, 1.82) is 0 Å². The monoisotopic (exact) mass is 242 g/mol. The molecule has 0 aliphatic heterocycles. The number of aromatic amines is 1. The molecule has 9 nitrogen and oxygen atoms in total. The molecule has 1 aromatic rings. The minimum Gasteiger partial charge on any atom is -0.464 e. The highest BCUT2D eigenvalue weighted by Gasteiger charge is 2.32. The molecule has 1 unspecified atom stereocenters. The molecular formula is C8H10N4O5. The molecule has 0 saturated heterocycles. The third kappa shape index (κ3) is 2.64. The SMILES string of the molecule is CCOC(=O)C(N)C(=O)c1nc[nH]c1[N+](=O)[O-]. The highest BCUT2D eigenvalue weighted by molar-refractivity contribution is 6.12. The van der Waals surface area contributed by atoms with Crippen LogP contribution in [0.2, 0.25) is 0 Å². The van der Waals surface area contributed by atoms with Gasteiger partial charge in [-0.15, -0.1) is 0 Å². The number of hydrogen-bond donors (Lipinski definition) is 2. The Morgan fingerprint density at radius 2 is 2.35 bits per heavy atom. The Kier molecular flexibility index (Phi) is 3.88. The van der Waals surface area contributed by atoms with Crippen LogP contribution in [0.4, 0.5) is 5.82 Å². The molecule has 0 radical (unpaired) electrons. The van der Waals surface area contributed by atoms with Crippen LogP contribution in [-0.2, 0) is 9.53 Å². The normalized spacial score (nSPS) is 11.9. The molecule has 9 heteroatoms. The van der Waals surface area contributed by atoms with Crippen LogP contribution in [0.3, 0.4) is 0 Å². The molecule has 0 bridgehead atoms. The van der Waals surface area contributed by atoms with Crippen molar-refractivity contribution in [3.8, 4) is 0 Å². The van der Waals surface area contributed by atoms with Gasteiger partial charge in [0.25, 0.3) is 0 Å². The number of nitrogens with two attached hydrogens (primary N) is 1. The molecule has 17 heavy (non-hydrogen) atoms. The van der Waals surface area contributed by atoms with Crippen molar-refractivity contribution < 1.29 is 19.2 Å². The van der Waals surface area contributed by atoms with Gasteiger partial charge in [0.1, 0.15) is 0 Å². The smallest absolute Gasteiger partial charge is 0.351 e. The average molecular weight is 242 g/mol. The molecule has 0 aromatic carbocycles. The fraction of sp³-hybridized carbons (Fsp3) is 0.375. The zero-order valence-corrected chi connectivity index (χ0v) is 8.87. The van der Waals surface area contributed by atoms with Crippen molar-refractivity contribution in [2.24, 2.45) is 5.73 Å². The fourth-order valence-corrected chi connectivity index (χ4v) is 1.09. The molecule has 1 atom stereocenters. The van der Waals surface area contributed by atoms with E-state index >= 15 is 0 Å². The summed E-state index contributed by atoms with van der Waals surface area (Å²) in [5, 5.41) is 10.5. The topological polar surface area (TPSA) is 141 Å². The van der Waals surface area contributed by atoms with Crippen molar-refractivity contribution in [3.63, 3.8) is 0 Å². The zero-order valence-electron chi connectivity index (χ0n) is 8.87. The van der Waals surface area contributed by atoms with Gasteiger partial charge in [-0.05, 0) is 11.8 Å². The van der Waals surface area contributed by atoms with Gasteiger partial charge >= 0.3 is 11.8 Å². The minimum absolute atomic E-state index is 0.0580. The van der Waals surface area contributed by atoms with Crippen LogP contribution in [0.1, 0.15) is 17.4 Å². The van der Waals surface area contributed by atoms with Gasteiger partial charge in [-0.3, -0.25) is 4.79 Å². The summed E-state index contributed by atoms with van der Waals surface area (Å²) in [6, 6.07) is -1.61. The van der Waals surface area contributed by atoms with Crippen molar-refractivity contribution in [2.75, 3.05) is 6.61 Å². The molecule has 0 amide bonds. The first kappa shape index (κ1) is 12.8. The van der Waals surface area contributed by atoms with Crippen molar-refractivity contribution in [1.82, 2.24) is 9.97 Å². The number of rotatable bonds is 5. The molecule has 0 aliphatic rings. The molecular weight excluding hydrogens is 232 g/mol. The predicted octanol–water partition coefficient (Wildman–Crippen LogP) is -0.609. The summed E-state index contributed by atoms with van der Waals surface area (Å²) in [7, 11) is 0. The van der Waals surface area contributed by atoms with Gasteiger partial charge in [-0.1, -0.05) is 0 Å². The first-order valence-electron chi connectivity index (χ1n) is 4.63. The maximum atomic E-state index is 11.6. The van der Waals surface area contributed by atoms with Gasteiger partial charge in [0.2, 0.25) is 11.5 Å². The zero-order chi connectivity index (χ0) is 13.0. The second-order valence-electron chi connectivity index (χ2n) is 2.95. The van der Waals surface area contributed by atoms with Gasteiger partial charge in [0.15, 0.2) is 12.4 Å². The Hall–Kier alpha value is -2.29. The van der Waals surface area contributed by atoms with Crippen molar-refractivity contribution in [3.05, 3.63) is 22.1 Å². The van der Waals surface area contributed by atoms with Crippen molar-refractivity contribution in [2.45, 2.75) is 13.0 Å². The quantitative estimate of drug-likeness (QED) is 0.230. The molecule has 1 rings (SSSR count). The lowest BCUT2D eigenvalue weighted by Gasteiger charge is -2.07. The van der Waals surface area contributed by atoms with Crippen LogP contribution in [0.5, 0.6) is 0 Å². The predicted molar refractivity (Wildman–Crippen MR) is 54.2 cm³/mol. The number of ether oxygens (including phenoxy) is 1. The lowest BCUT2D eigenvalue weighted by molar-refractivity contribution is -0.389. The Labute approximate surface area is 95.1 Å². The third-order valence-electron chi connectivity index (χ3n) is 1.86. The number of ketones is 1. The van der Waals surface area contributed by atoms with E-state index < -0.39 is 34.2 Å². The number of H-pyrrole nitrogens is 1. The lowest BCUT2D eigenvalue weighted by atomic mass is 10.1. The van der Waals surface area contributed by atoms with Crippen LogP contribution in [0.15, 0.2) is 6.33 Å². The van der Waals surface area contributed by atoms with Crippen LogP contribution in [0, 0.1) is 10.1 Å². The molecule has 0 spiro atoms. The first-order valence-corrected chi connectivity index (χ1v) is 4.63. The van der Waals surface area contributed by atoms with E-state index in [2.05, 4.69) is 14.7 Å². The number of carbonyl (C=O) groups is 2. The minimum atomic E-state index is -1.61. The fourth-order valence-electron chi connectivity index (χ4n) is 1.09. The molecule has 1 aromatic heterocycles. The number of imidazole rings is 1. The summed E-state index contributed by atoms with van der Waals surface area (Å²) < 4.78 is 4.53. The Morgan fingerprint density at radius 1 is 1.71 bits per heavy atom.